The van der Waals surface area contributed by atoms with Crippen LogP contribution in [0, 0.1) is 5.41 Å². The molecule has 0 saturated heterocycles. The Labute approximate surface area is 88.3 Å². The van der Waals surface area contributed by atoms with Gasteiger partial charge in [-0.15, -0.1) is 0 Å². The van der Waals surface area contributed by atoms with Gasteiger partial charge in [0.05, 0.1) is 6.61 Å². The first-order valence-corrected chi connectivity index (χ1v) is 5.64. The van der Waals surface area contributed by atoms with E-state index in [1.54, 1.807) is 0 Å². The molecule has 0 aliphatic rings. The van der Waals surface area contributed by atoms with Gasteiger partial charge in [0.1, 0.15) is 0 Å². The average Bonchev–Trinajstić information content (AvgIpc) is 2.16. The van der Waals surface area contributed by atoms with E-state index in [0.29, 0.717) is 12.0 Å². The Balaban J connectivity index is 3.82. The van der Waals surface area contributed by atoms with Crippen LogP contribution < -0.4 is 10.6 Å². The van der Waals surface area contributed by atoms with Gasteiger partial charge in [-0.2, -0.15) is 0 Å². The summed E-state index contributed by atoms with van der Waals surface area (Å²) in [4.78, 5) is 0. The van der Waals surface area contributed by atoms with Crippen LogP contribution in [0.2, 0.25) is 0 Å². The molecule has 0 aromatic heterocycles. The topological polar surface area (TPSA) is 44.3 Å². The molecule has 0 radical (unpaired) electrons. The van der Waals surface area contributed by atoms with E-state index in [1.807, 2.05) is 7.05 Å². The lowest BCUT2D eigenvalue weighted by Gasteiger charge is -2.29. The zero-order valence-corrected chi connectivity index (χ0v) is 9.90. The maximum atomic E-state index is 8.69. The molecule has 0 amide bonds. The number of rotatable bonds is 9. The second kappa shape index (κ2) is 8.21. The summed E-state index contributed by atoms with van der Waals surface area (Å²) in [5, 5.41) is 15.2. The van der Waals surface area contributed by atoms with Gasteiger partial charge in [-0.3, -0.25) is 0 Å². The Kier molecular flexibility index (Phi) is 8.14. The van der Waals surface area contributed by atoms with Crippen molar-refractivity contribution in [3.05, 3.63) is 0 Å². The van der Waals surface area contributed by atoms with Crippen molar-refractivity contribution in [2.24, 2.45) is 5.41 Å². The first kappa shape index (κ1) is 13.9. The summed E-state index contributed by atoms with van der Waals surface area (Å²) in [5.74, 6) is 0. The summed E-state index contributed by atoms with van der Waals surface area (Å²) in [7, 11) is 1.99. The minimum absolute atomic E-state index is 0.230. The SMILES string of the molecule is CCCC(C)(CCNC)CNCCO. The van der Waals surface area contributed by atoms with Crippen molar-refractivity contribution in [3.63, 3.8) is 0 Å². The lowest BCUT2D eigenvalue weighted by Crippen LogP contribution is -2.35. The second-order valence-electron chi connectivity index (χ2n) is 4.31. The predicted molar refractivity (Wildman–Crippen MR) is 61.5 cm³/mol. The van der Waals surface area contributed by atoms with Gasteiger partial charge >= 0.3 is 0 Å². The van der Waals surface area contributed by atoms with Crippen molar-refractivity contribution in [1.29, 1.82) is 0 Å². The summed E-state index contributed by atoms with van der Waals surface area (Å²) < 4.78 is 0. The quantitative estimate of drug-likeness (QED) is 0.488. The molecule has 0 aliphatic carbocycles. The van der Waals surface area contributed by atoms with Crippen LogP contribution in [0.5, 0.6) is 0 Å². The van der Waals surface area contributed by atoms with Gasteiger partial charge in [-0.1, -0.05) is 20.3 Å². The Morgan fingerprint density at radius 1 is 1.21 bits per heavy atom. The lowest BCUT2D eigenvalue weighted by molar-refractivity contribution is 0.235. The molecule has 0 fully saturated rings. The third-order valence-electron chi connectivity index (χ3n) is 2.67. The number of nitrogens with one attached hydrogen (secondary N) is 2. The molecule has 14 heavy (non-hydrogen) atoms. The van der Waals surface area contributed by atoms with E-state index in [0.717, 1.165) is 13.1 Å². The molecule has 0 bridgehead atoms. The molecule has 86 valence electrons. The summed E-state index contributed by atoms with van der Waals surface area (Å²) in [6, 6.07) is 0. The van der Waals surface area contributed by atoms with Crippen molar-refractivity contribution in [2.75, 3.05) is 33.3 Å². The first-order valence-electron chi connectivity index (χ1n) is 5.64. The molecule has 1 unspecified atom stereocenters. The summed E-state index contributed by atoms with van der Waals surface area (Å²) in [5.41, 5.74) is 0.368. The van der Waals surface area contributed by atoms with Crippen LogP contribution in [0.3, 0.4) is 0 Å². The van der Waals surface area contributed by atoms with Crippen molar-refractivity contribution in [3.8, 4) is 0 Å². The Morgan fingerprint density at radius 2 is 1.93 bits per heavy atom. The highest BCUT2D eigenvalue weighted by atomic mass is 16.3. The van der Waals surface area contributed by atoms with Gasteiger partial charge < -0.3 is 15.7 Å². The van der Waals surface area contributed by atoms with Crippen molar-refractivity contribution in [2.45, 2.75) is 33.1 Å². The van der Waals surface area contributed by atoms with Crippen LogP contribution in [0.4, 0.5) is 0 Å². The fourth-order valence-corrected chi connectivity index (χ4v) is 1.80. The van der Waals surface area contributed by atoms with Gasteiger partial charge in [0.25, 0.3) is 0 Å². The maximum absolute atomic E-state index is 8.69. The van der Waals surface area contributed by atoms with Gasteiger partial charge in [-0.25, -0.2) is 0 Å². The molecule has 0 heterocycles. The van der Waals surface area contributed by atoms with E-state index in [2.05, 4.69) is 24.5 Å². The van der Waals surface area contributed by atoms with Crippen molar-refractivity contribution >= 4 is 0 Å². The van der Waals surface area contributed by atoms with Gasteiger partial charge in [0.2, 0.25) is 0 Å². The largest absolute Gasteiger partial charge is 0.395 e. The van der Waals surface area contributed by atoms with Crippen LogP contribution in [0.15, 0.2) is 0 Å². The Bertz CT molecular complexity index is 130. The van der Waals surface area contributed by atoms with Gasteiger partial charge in [0, 0.05) is 13.1 Å². The fraction of sp³-hybridized carbons (Fsp3) is 1.00. The number of hydrogen-bond donors (Lipinski definition) is 3. The molecule has 1 atom stereocenters. The summed E-state index contributed by atoms with van der Waals surface area (Å²) in [6.07, 6.45) is 3.66. The Morgan fingerprint density at radius 3 is 2.43 bits per heavy atom. The fourth-order valence-electron chi connectivity index (χ4n) is 1.80. The summed E-state index contributed by atoms with van der Waals surface area (Å²) in [6.45, 7) is 7.55. The molecule has 0 aliphatic heterocycles. The number of aliphatic hydroxyl groups excluding tert-OH is 1. The molecule has 0 rings (SSSR count). The molecule has 0 saturated carbocycles. The number of hydrogen-bond acceptors (Lipinski definition) is 3. The second-order valence-corrected chi connectivity index (χ2v) is 4.31. The molecule has 3 N–H and O–H groups in total. The highest BCUT2D eigenvalue weighted by Gasteiger charge is 2.21. The van der Waals surface area contributed by atoms with Crippen molar-refractivity contribution < 1.29 is 5.11 Å². The van der Waals surface area contributed by atoms with E-state index in [9.17, 15) is 0 Å². The van der Waals surface area contributed by atoms with Crippen molar-refractivity contribution in [1.82, 2.24) is 10.6 Å². The molecule has 3 heteroatoms. The lowest BCUT2D eigenvalue weighted by atomic mass is 9.82. The molecular weight excluding hydrogens is 176 g/mol. The van der Waals surface area contributed by atoms with Crippen LogP contribution in [0.1, 0.15) is 33.1 Å². The average molecular weight is 202 g/mol. The monoisotopic (exact) mass is 202 g/mol. The maximum Gasteiger partial charge on any atom is 0.0555 e. The highest BCUT2D eigenvalue weighted by Crippen LogP contribution is 2.26. The standard InChI is InChI=1S/C11H26N2O/c1-4-5-11(2,6-7-12-3)10-13-8-9-14/h12-14H,4-10H2,1-3H3. The Hall–Kier alpha value is -0.120. The van der Waals surface area contributed by atoms with Crippen LogP contribution >= 0.6 is 0 Å². The molecular formula is C11H26N2O. The van der Waals surface area contributed by atoms with Gasteiger partial charge in [0.15, 0.2) is 0 Å². The van der Waals surface area contributed by atoms with Crippen LogP contribution in [-0.2, 0) is 0 Å². The summed E-state index contributed by atoms with van der Waals surface area (Å²) >= 11 is 0. The van der Waals surface area contributed by atoms with Crippen LogP contribution in [0.25, 0.3) is 0 Å². The van der Waals surface area contributed by atoms with E-state index >= 15 is 0 Å². The minimum Gasteiger partial charge on any atom is -0.395 e. The van der Waals surface area contributed by atoms with Gasteiger partial charge in [-0.05, 0) is 31.8 Å². The third kappa shape index (κ3) is 6.35. The molecule has 0 spiro atoms. The third-order valence-corrected chi connectivity index (χ3v) is 2.67. The first-order chi connectivity index (χ1) is 6.68. The molecule has 0 aromatic carbocycles. The van der Waals surface area contributed by atoms with Crippen LogP contribution in [-0.4, -0.2) is 38.4 Å². The van der Waals surface area contributed by atoms with E-state index < -0.39 is 0 Å². The van der Waals surface area contributed by atoms with E-state index in [1.165, 1.54) is 19.3 Å². The molecule has 0 aromatic rings. The predicted octanol–water partition coefficient (Wildman–Crippen LogP) is 0.984. The zero-order chi connectivity index (χ0) is 10.9. The van der Waals surface area contributed by atoms with E-state index in [-0.39, 0.29) is 6.61 Å². The zero-order valence-electron chi connectivity index (χ0n) is 9.90. The highest BCUT2D eigenvalue weighted by molar-refractivity contribution is 4.77. The van der Waals surface area contributed by atoms with E-state index in [4.69, 9.17) is 5.11 Å². The minimum atomic E-state index is 0.230. The normalized spacial score (nSPS) is 15.4. The molecule has 3 nitrogen and oxygen atoms in total. The smallest absolute Gasteiger partial charge is 0.0555 e. The number of aliphatic hydroxyl groups is 1.